The van der Waals surface area contributed by atoms with E-state index in [1.54, 1.807) is 5.57 Å². The van der Waals surface area contributed by atoms with E-state index in [-0.39, 0.29) is 23.6 Å². The van der Waals surface area contributed by atoms with E-state index in [0.717, 1.165) is 31.6 Å². The quantitative estimate of drug-likeness (QED) is 0.308. The minimum atomic E-state index is -0.294. The third kappa shape index (κ3) is 4.44. The van der Waals surface area contributed by atoms with Crippen LogP contribution < -0.4 is 0 Å². The summed E-state index contributed by atoms with van der Waals surface area (Å²) >= 11 is 0. The Morgan fingerprint density at radius 2 is 1.97 bits per heavy atom. The first kappa shape index (κ1) is 22.8. The van der Waals surface area contributed by atoms with Crippen molar-refractivity contribution in [3.8, 4) is 0 Å². The van der Waals surface area contributed by atoms with E-state index in [9.17, 15) is 4.79 Å². The van der Waals surface area contributed by atoms with Crippen LogP contribution >= 0.6 is 0 Å². The molecule has 1 saturated heterocycles. The number of ether oxygens (including phenoxy) is 1. The average molecular weight is 407 g/mol. The minimum absolute atomic E-state index is 0.215. The molecular formula is C25H42O4. The van der Waals surface area contributed by atoms with Gasteiger partial charge in [-0.25, -0.2) is 9.78 Å². The van der Waals surface area contributed by atoms with Gasteiger partial charge in [0.2, 0.25) is 0 Å². The van der Waals surface area contributed by atoms with Crippen LogP contribution in [0, 0.1) is 28.6 Å². The molecule has 166 valence electrons. The molecule has 0 radical (unpaired) electrons. The molecule has 6 atom stereocenters. The molecule has 2 fully saturated rings. The summed E-state index contributed by atoms with van der Waals surface area (Å²) in [6, 6.07) is 0. The summed E-state index contributed by atoms with van der Waals surface area (Å²) in [5, 5.41) is 0. The van der Waals surface area contributed by atoms with E-state index in [1.807, 2.05) is 6.92 Å². The fraction of sp³-hybridized carbons (Fsp3) is 0.880. The first-order valence-electron chi connectivity index (χ1n) is 11.6. The number of hydrogen-bond donors (Lipinski definition) is 0. The molecule has 0 amide bonds. The van der Waals surface area contributed by atoms with Crippen molar-refractivity contribution in [1.29, 1.82) is 0 Å². The number of carbonyl (C=O) groups is 1. The zero-order valence-electron chi connectivity index (χ0n) is 19.7. The molecule has 3 aliphatic rings. The highest BCUT2D eigenvalue weighted by Crippen LogP contribution is 2.60. The van der Waals surface area contributed by atoms with Crippen molar-refractivity contribution in [2.45, 2.75) is 105 Å². The number of hydrogen-bond acceptors (Lipinski definition) is 4. The van der Waals surface area contributed by atoms with Gasteiger partial charge < -0.3 is 4.74 Å². The van der Waals surface area contributed by atoms with E-state index >= 15 is 0 Å². The summed E-state index contributed by atoms with van der Waals surface area (Å²) in [4.78, 5) is 23.4. The molecule has 1 saturated carbocycles. The van der Waals surface area contributed by atoms with E-state index in [1.165, 1.54) is 32.8 Å². The lowest BCUT2D eigenvalue weighted by Crippen LogP contribution is -2.49. The second-order valence-corrected chi connectivity index (χ2v) is 11.2. The highest BCUT2D eigenvalue weighted by atomic mass is 17.2. The predicted molar refractivity (Wildman–Crippen MR) is 115 cm³/mol. The van der Waals surface area contributed by atoms with Crippen LogP contribution in [0.3, 0.4) is 0 Å². The van der Waals surface area contributed by atoms with Crippen molar-refractivity contribution in [2.24, 2.45) is 28.6 Å². The lowest BCUT2D eigenvalue weighted by Gasteiger charge is -2.57. The van der Waals surface area contributed by atoms with Gasteiger partial charge >= 0.3 is 5.97 Å². The van der Waals surface area contributed by atoms with Crippen LogP contribution in [-0.4, -0.2) is 24.8 Å². The Kier molecular flexibility index (Phi) is 6.56. The highest BCUT2D eigenvalue weighted by Gasteiger charge is 2.52. The summed E-state index contributed by atoms with van der Waals surface area (Å²) < 4.78 is 4.85. The van der Waals surface area contributed by atoms with Crippen LogP contribution in [0.5, 0.6) is 0 Å². The van der Waals surface area contributed by atoms with Gasteiger partial charge in [0.25, 0.3) is 0 Å². The number of esters is 1. The van der Waals surface area contributed by atoms with Gasteiger partial charge in [0.1, 0.15) is 11.7 Å². The first-order chi connectivity index (χ1) is 13.5. The molecule has 1 aliphatic heterocycles. The molecule has 29 heavy (non-hydrogen) atoms. The summed E-state index contributed by atoms with van der Waals surface area (Å²) in [5.41, 5.74) is 2.10. The van der Waals surface area contributed by atoms with Gasteiger partial charge in [-0.3, -0.25) is 4.79 Å². The van der Waals surface area contributed by atoms with Crippen molar-refractivity contribution in [1.82, 2.24) is 0 Å². The molecule has 0 aromatic rings. The standard InChI is InChI=1S/C25H42O4/c1-17-9-10-21-23(3,4)13-8-14-25(21,6)19(17)11-15-24(5)16-12-20(28-29-24)18(2)22(26)27-7/h9,18-21H,8,10-16H2,1-7H3/t18-,19+,20-,21+,24-,25-/m0/s1. The van der Waals surface area contributed by atoms with Crippen LogP contribution in [0.2, 0.25) is 0 Å². The number of rotatable bonds is 5. The summed E-state index contributed by atoms with van der Waals surface area (Å²) in [5.74, 6) is 0.855. The van der Waals surface area contributed by atoms with Gasteiger partial charge in [-0.15, -0.1) is 0 Å². The van der Waals surface area contributed by atoms with Crippen molar-refractivity contribution in [2.75, 3.05) is 7.11 Å². The van der Waals surface area contributed by atoms with Crippen molar-refractivity contribution < 1.29 is 19.3 Å². The molecule has 1 heterocycles. The fourth-order valence-electron chi connectivity index (χ4n) is 6.70. The topological polar surface area (TPSA) is 44.8 Å². The average Bonchev–Trinajstić information content (AvgIpc) is 2.66. The lowest BCUT2D eigenvalue weighted by atomic mass is 9.48. The molecule has 4 heteroatoms. The molecule has 0 unspecified atom stereocenters. The Labute approximate surface area is 177 Å². The van der Waals surface area contributed by atoms with Gasteiger partial charge in [-0.1, -0.05) is 38.8 Å². The molecule has 0 bridgehead atoms. The van der Waals surface area contributed by atoms with E-state index in [4.69, 9.17) is 14.5 Å². The van der Waals surface area contributed by atoms with Gasteiger partial charge in [-0.2, -0.15) is 0 Å². The smallest absolute Gasteiger partial charge is 0.311 e. The van der Waals surface area contributed by atoms with Gasteiger partial charge in [0.05, 0.1) is 13.0 Å². The molecule has 4 nitrogen and oxygen atoms in total. The van der Waals surface area contributed by atoms with E-state index in [2.05, 4.69) is 40.7 Å². The molecule has 0 aromatic heterocycles. The molecular weight excluding hydrogens is 364 g/mol. The van der Waals surface area contributed by atoms with Crippen molar-refractivity contribution >= 4 is 5.97 Å². The maximum absolute atomic E-state index is 11.8. The third-order valence-corrected chi connectivity index (χ3v) is 8.72. The molecule has 0 N–H and O–H groups in total. The summed E-state index contributed by atoms with van der Waals surface area (Å²) in [6.07, 6.45) is 11.4. The number of carbonyl (C=O) groups excluding carboxylic acids is 1. The maximum atomic E-state index is 11.8. The van der Waals surface area contributed by atoms with Gasteiger partial charge in [-0.05, 0) is 88.4 Å². The zero-order chi connectivity index (χ0) is 21.4. The predicted octanol–water partition coefficient (Wildman–Crippen LogP) is 6.24. The van der Waals surface area contributed by atoms with Gasteiger partial charge in [0.15, 0.2) is 0 Å². The van der Waals surface area contributed by atoms with Crippen LogP contribution in [-0.2, 0) is 19.3 Å². The summed E-state index contributed by atoms with van der Waals surface area (Å²) in [7, 11) is 1.42. The second-order valence-electron chi connectivity index (χ2n) is 11.2. The second kappa shape index (κ2) is 8.34. The Morgan fingerprint density at radius 1 is 1.24 bits per heavy atom. The number of allylic oxidation sites excluding steroid dienone is 2. The Balaban J connectivity index is 1.64. The zero-order valence-corrected chi connectivity index (χ0v) is 19.7. The minimum Gasteiger partial charge on any atom is -0.469 e. The number of fused-ring (bicyclic) bond motifs is 1. The van der Waals surface area contributed by atoms with Crippen LogP contribution in [0.4, 0.5) is 0 Å². The van der Waals surface area contributed by atoms with Crippen LogP contribution in [0.15, 0.2) is 11.6 Å². The maximum Gasteiger partial charge on any atom is 0.311 e. The third-order valence-electron chi connectivity index (χ3n) is 8.72. The fourth-order valence-corrected chi connectivity index (χ4v) is 6.70. The first-order valence-corrected chi connectivity index (χ1v) is 11.6. The molecule has 0 aromatic carbocycles. The van der Waals surface area contributed by atoms with E-state index < -0.39 is 0 Å². The van der Waals surface area contributed by atoms with Crippen LogP contribution in [0.25, 0.3) is 0 Å². The molecule has 2 aliphatic carbocycles. The Hall–Kier alpha value is -0.870. The molecule has 3 rings (SSSR count). The Bertz CT molecular complexity index is 629. The molecule has 0 spiro atoms. The monoisotopic (exact) mass is 406 g/mol. The van der Waals surface area contributed by atoms with Crippen molar-refractivity contribution in [3.63, 3.8) is 0 Å². The lowest BCUT2D eigenvalue weighted by molar-refractivity contribution is -0.411. The van der Waals surface area contributed by atoms with E-state index in [0.29, 0.717) is 16.7 Å². The highest BCUT2D eigenvalue weighted by molar-refractivity contribution is 5.72. The largest absolute Gasteiger partial charge is 0.469 e. The SMILES string of the molecule is COC(=O)[C@@H](C)[C@@H]1CC[C@](C)(CC[C@@H]2C(C)=CC[C@@H]3C(C)(C)CCC[C@@]23C)OO1. The summed E-state index contributed by atoms with van der Waals surface area (Å²) in [6.45, 7) is 13.9. The van der Waals surface area contributed by atoms with Crippen molar-refractivity contribution in [3.05, 3.63) is 11.6 Å². The number of methoxy groups -OCH3 is 1. The Morgan fingerprint density at radius 3 is 2.59 bits per heavy atom. The normalized spacial score (nSPS) is 40.5. The van der Waals surface area contributed by atoms with Gasteiger partial charge in [0, 0.05) is 0 Å². The van der Waals surface area contributed by atoms with Crippen LogP contribution in [0.1, 0.15) is 92.9 Å².